The van der Waals surface area contributed by atoms with Crippen LogP contribution in [-0.2, 0) is 9.53 Å². The number of amides is 2. The number of rotatable bonds is 4. The first-order valence-electron chi connectivity index (χ1n) is 5.56. The fraction of sp³-hybridized carbons (Fsp3) is 0.818. The highest BCUT2D eigenvalue weighted by molar-refractivity contribution is 5.77. The Hall–Kier alpha value is -1.30. The van der Waals surface area contributed by atoms with Gasteiger partial charge in [0, 0.05) is 26.6 Å². The number of carbonyl (C=O) groups excluding carboxylic acids is 2. The summed E-state index contributed by atoms with van der Waals surface area (Å²) >= 11 is 0. The predicted molar refractivity (Wildman–Crippen MR) is 65.3 cm³/mol. The highest BCUT2D eigenvalue weighted by atomic mass is 16.6. The topological polar surface area (TPSA) is 70.7 Å². The van der Waals surface area contributed by atoms with Gasteiger partial charge in [0.15, 0.2) is 0 Å². The smallest absolute Gasteiger partial charge is 0.407 e. The number of nitrogens with zero attached hydrogens (tertiary/aromatic N) is 1. The quantitative estimate of drug-likeness (QED) is 0.721. The van der Waals surface area contributed by atoms with Crippen LogP contribution in [0, 0.1) is 0 Å². The maximum absolute atomic E-state index is 11.4. The third kappa shape index (κ3) is 9.62. The molecule has 0 saturated heterocycles. The lowest BCUT2D eigenvalue weighted by molar-refractivity contribution is -0.125. The van der Waals surface area contributed by atoms with Crippen LogP contribution < -0.4 is 10.7 Å². The van der Waals surface area contributed by atoms with Crippen molar-refractivity contribution in [1.29, 1.82) is 0 Å². The van der Waals surface area contributed by atoms with Gasteiger partial charge >= 0.3 is 6.09 Å². The molecule has 0 aliphatic carbocycles. The molecule has 17 heavy (non-hydrogen) atoms. The molecule has 0 saturated carbocycles. The third-order valence-corrected chi connectivity index (χ3v) is 1.60. The number of hydrazine groups is 1. The van der Waals surface area contributed by atoms with Crippen molar-refractivity contribution in [3.05, 3.63) is 0 Å². The van der Waals surface area contributed by atoms with Crippen LogP contribution in [0.15, 0.2) is 0 Å². The van der Waals surface area contributed by atoms with Gasteiger partial charge in [0.2, 0.25) is 5.91 Å². The minimum Gasteiger partial charge on any atom is -0.444 e. The van der Waals surface area contributed by atoms with Gasteiger partial charge in [-0.2, -0.15) is 0 Å². The SMILES string of the molecule is CC(CC(=O)NN(C)C)NC(=O)OC(C)(C)C. The van der Waals surface area contributed by atoms with Gasteiger partial charge in [-0.25, -0.2) is 9.80 Å². The molecule has 100 valence electrons. The summed E-state index contributed by atoms with van der Waals surface area (Å²) < 4.78 is 5.08. The van der Waals surface area contributed by atoms with Crippen LogP contribution in [0.5, 0.6) is 0 Å². The van der Waals surface area contributed by atoms with E-state index in [0.717, 1.165) is 0 Å². The number of nitrogens with one attached hydrogen (secondary N) is 2. The normalized spacial score (nSPS) is 13.1. The standard InChI is InChI=1S/C11H23N3O3/c1-8(7-9(15)13-14(5)6)12-10(16)17-11(2,3)4/h8H,7H2,1-6H3,(H,12,16)(H,13,15). The van der Waals surface area contributed by atoms with E-state index in [1.165, 1.54) is 0 Å². The van der Waals surface area contributed by atoms with Gasteiger partial charge in [0.1, 0.15) is 5.60 Å². The van der Waals surface area contributed by atoms with Crippen LogP contribution in [0.4, 0.5) is 4.79 Å². The molecular formula is C11H23N3O3. The van der Waals surface area contributed by atoms with Gasteiger partial charge in [-0.15, -0.1) is 0 Å². The zero-order valence-electron chi connectivity index (χ0n) is 11.5. The zero-order chi connectivity index (χ0) is 13.6. The summed E-state index contributed by atoms with van der Waals surface area (Å²) in [5, 5.41) is 4.16. The highest BCUT2D eigenvalue weighted by Gasteiger charge is 2.18. The molecule has 0 rings (SSSR count). The Bertz CT molecular complexity index is 272. The van der Waals surface area contributed by atoms with Crippen molar-refractivity contribution in [3.63, 3.8) is 0 Å². The summed E-state index contributed by atoms with van der Waals surface area (Å²) in [6.07, 6.45) is -0.306. The van der Waals surface area contributed by atoms with Gasteiger partial charge < -0.3 is 10.1 Å². The number of hydrogen-bond donors (Lipinski definition) is 2. The second-order valence-electron chi connectivity index (χ2n) is 5.18. The molecule has 0 heterocycles. The van der Waals surface area contributed by atoms with E-state index in [1.807, 2.05) is 0 Å². The molecule has 1 atom stereocenters. The summed E-state index contributed by atoms with van der Waals surface area (Å²) in [5.74, 6) is -0.154. The van der Waals surface area contributed by atoms with E-state index in [9.17, 15) is 9.59 Å². The van der Waals surface area contributed by atoms with Crippen LogP contribution >= 0.6 is 0 Å². The van der Waals surface area contributed by atoms with Crippen molar-refractivity contribution in [3.8, 4) is 0 Å². The van der Waals surface area contributed by atoms with E-state index in [4.69, 9.17) is 4.74 Å². The Kier molecular flexibility index (Phi) is 5.95. The number of alkyl carbamates (subject to hydrolysis) is 1. The second kappa shape index (κ2) is 6.44. The lowest BCUT2D eigenvalue weighted by Crippen LogP contribution is -2.42. The molecule has 0 radical (unpaired) electrons. The zero-order valence-corrected chi connectivity index (χ0v) is 11.5. The molecule has 0 bridgehead atoms. The van der Waals surface area contributed by atoms with Crippen LogP contribution in [0.25, 0.3) is 0 Å². The van der Waals surface area contributed by atoms with Gasteiger partial charge in [0.25, 0.3) is 0 Å². The van der Waals surface area contributed by atoms with Gasteiger partial charge in [-0.05, 0) is 27.7 Å². The van der Waals surface area contributed by atoms with E-state index in [1.54, 1.807) is 46.8 Å². The first kappa shape index (κ1) is 15.7. The Labute approximate surface area is 103 Å². The van der Waals surface area contributed by atoms with E-state index in [2.05, 4.69) is 10.7 Å². The maximum Gasteiger partial charge on any atom is 0.407 e. The Morgan fingerprint density at radius 3 is 2.24 bits per heavy atom. The average Bonchev–Trinajstić information content (AvgIpc) is 1.95. The molecule has 0 aromatic rings. The lowest BCUT2D eigenvalue weighted by Gasteiger charge is -2.22. The Morgan fingerprint density at radius 2 is 1.82 bits per heavy atom. The van der Waals surface area contributed by atoms with Crippen molar-refractivity contribution in [2.45, 2.75) is 45.8 Å². The summed E-state index contributed by atoms with van der Waals surface area (Å²) in [6.45, 7) is 7.11. The summed E-state index contributed by atoms with van der Waals surface area (Å²) in [6, 6.07) is -0.273. The average molecular weight is 245 g/mol. The minimum atomic E-state index is -0.532. The predicted octanol–water partition coefficient (Wildman–Crippen LogP) is 0.882. The molecule has 0 aromatic carbocycles. The van der Waals surface area contributed by atoms with Crippen molar-refractivity contribution in [2.75, 3.05) is 14.1 Å². The Balaban J connectivity index is 3.97. The molecular weight excluding hydrogens is 222 g/mol. The molecule has 1 unspecified atom stereocenters. The first-order chi connectivity index (χ1) is 7.60. The van der Waals surface area contributed by atoms with Crippen LogP contribution in [0.2, 0.25) is 0 Å². The van der Waals surface area contributed by atoms with Crippen LogP contribution in [0.3, 0.4) is 0 Å². The fourth-order valence-electron chi connectivity index (χ4n) is 1.13. The van der Waals surface area contributed by atoms with E-state index in [0.29, 0.717) is 0 Å². The summed E-state index contributed by atoms with van der Waals surface area (Å²) in [7, 11) is 3.45. The van der Waals surface area contributed by atoms with Gasteiger partial charge in [0.05, 0.1) is 0 Å². The number of hydrogen-bond acceptors (Lipinski definition) is 4. The molecule has 2 amide bonds. The van der Waals surface area contributed by atoms with Crippen LogP contribution in [-0.4, -0.2) is 42.7 Å². The monoisotopic (exact) mass is 245 g/mol. The van der Waals surface area contributed by atoms with Crippen molar-refractivity contribution < 1.29 is 14.3 Å². The van der Waals surface area contributed by atoms with Crippen molar-refractivity contribution >= 4 is 12.0 Å². The minimum absolute atomic E-state index is 0.154. The first-order valence-corrected chi connectivity index (χ1v) is 5.56. The maximum atomic E-state index is 11.4. The molecule has 2 N–H and O–H groups in total. The molecule has 0 aliphatic heterocycles. The molecule has 6 heteroatoms. The van der Waals surface area contributed by atoms with Gasteiger partial charge in [-0.1, -0.05) is 0 Å². The van der Waals surface area contributed by atoms with Crippen molar-refractivity contribution in [2.24, 2.45) is 0 Å². The fourth-order valence-corrected chi connectivity index (χ4v) is 1.13. The Morgan fingerprint density at radius 1 is 1.29 bits per heavy atom. The number of carbonyl (C=O) groups is 2. The van der Waals surface area contributed by atoms with Gasteiger partial charge in [-0.3, -0.25) is 10.2 Å². The van der Waals surface area contributed by atoms with Crippen molar-refractivity contribution in [1.82, 2.24) is 15.8 Å². The molecule has 0 spiro atoms. The van der Waals surface area contributed by atoms with E-state index in [-0.39, 0.29) is 18.4 Å². The lowest BCUT2D eigenvalue weighted by atomic mass is 10.2. The summed E-state index contributed by atoms with van der Waals surface area (Å²) in [5.41, 5.74) is 2.07. The molecule has 0 aromatic heterocycles. The number of ether oxygens (including phenoxy) is 1. The molecule has 0 fully saturated rings. The molecule has 0 aliphatic rings. The second-order valence-corrected chi connectivity index (χ2v) is 5.18. The summed E-state index contributed by atoms with van der Waals surface area (Å²) in [4.78, 5) is 22.8. The highest BCUT2D eigenvalue weighted by Crippen LogP contribution is 2.07. The van der Waals surface area contributed by atoms with E-state index >= 15 is 0 Å². The largest absolute Gasteiger partial charge is 0.444 e. The van der Waals surface area contributed by atoms with Crippen LogP contribution in [0.1, 0.15) is 34.1 Å². The third-order valence-electron chi connectivity index (χ3n) is 1.60. The molecule has 6 nitrogen and oxygen atoms in total. The van der Waals surface area contributed by atoms with E-state index < -0.39 is 11.7 Å².